The second-order valence-corrected chi connectivity index (χ2v) is 5.53. The SMILES string of the molecule is CCOC(=O)c1ccccc1Nc1cc(C)nc2nc(C)ccc12. The van der Waals surface area contributed by atoms with Crippen molar-refractivity contribution in [1.82, 2.24) is 9.97 Å². The van der Waals surface area contributed by atoms with Crippen LogP contribution in [0.5, 0.6) is 0 Å². The van der Waals surface area contributed by atoms with Gasteiger partial charge in [0.2, 0.25) is 0 Å². The molecule has 2 aromatic heterocycles. The summed E-state index contributed by atoms with van der Waals surface area (Å²) < 4.78 is 5.13. The number of ether oxygens (including phenoxy) is 1. The molecule has 5 nitrogen and oxygen atoms in total. The van der Waals surface area contributed by atoms with Crippen LogP contribution in [0.3, 0.4) is 0 Å². The van der Waals surface area contributed by atoms with E-state index in [1.54, 1.807) is 13.0 Å². The number of benzene rings is 1. The summed E-state index contributed by atoms with van der Waals surface area (Å²) in [5.74, 6) is -0.343. The molecule has 0 aliphatic rings. The highest BCUT2D eigenvalue weighted by Crippen LogP contribution is 2.28. The lowest BCUT2D eigenvalue weighted by Crippen LogP contribution is -2.08. The Labute approximate surface area is 140 Å². The third-order valence-electron chi connectivity index (χ3n) is 3.63. The summed E-state index contributed by atoms with van der Waals surface area (Å²) in [5.41, 5.74) is 4.52. The van der Waals surface area contributed by atoms with Crippen LogP contribution in [0, 0.1) is 13.8 Å². The predicted molar refractivity (Wildman–Crippen MR) is 94.7 cm³/mol. The maximum absolute atomic E-state index is 12.1. The summed E-state index contributed by atoms with van der Waals surface area (Å²) in [6.07, 6.45) is 0. The molecule has 1 N–H and O–H groups in total. The number of fused-ring (bicyclic) bond motifs is 1. The van der Waals surface area contributed by atoms with Crippen molar-refractivity contribution in [3.8, 4) is 0 Å². The summed E-state index contributed by atoms with van der Waals surface area (Å²) in [5, 5.41) is 4.24. The number of aryl methyl sites for hydroxylation is 2. The van der Waals surface area contributed by atoms with Gasteiger partial charge in [-0.2, -0.15) is 0 Å². The fourth-order valence-electron chi connectivity index (χ4n) is 2.55. The standard InChI is InChI=1S/C19H19N3O2/c1-4-24-19(23)15-7-5-6-8-16(15)22-17-11-13(3)21-18-14(17)10-9-12(2)20-18/h5-11H,4H2,1-3H3,(H,20,21,22). The van der Waals surface area contributed by atoms with Crippen molar-refractivity contribution in [2.45, 2.75) is 20.8 Å². The van der Waals surface area contributed by atoms with Crippen LogP contribution in [0.4, 0.5) is 11.4 Å². The Balaban J connectivity index is 2.06. The minimum atomic E-state index is -0.343. The van der Waals surface area contributed by atoms with Crippen LogP contribution < -0.4 is 5.32 Å². The summed E-state index contributed by atoms with van der Waals surface area (Å²) in [6, 6.07) is 13.2. The normalized spacial score (nSPS) is 10.6. The van der Waals surface area contributed by atoms with Gasteiger partial charge >= 0.3 is 5.97 Å². The lowest BCUT2D eigenvalue weighted by molar-refractivity contribution is 0.0527. The molecule has 122 valence electrons. The van der Waals surface area contributed by atoms with Crippen molar-refractivity contribution in [3.63, 3.8) is 0 Å². The molecule has 0 saturated carbocycles. The van der Waals surface area contributed by atoms with Crippen LogP contribution >= 0.6 is 0 Å². The summed E-state index contributed by atoms with van der Waals surface area (Å²) in [7, 11) is 0. The smallest absolute Gasteiger partial charge is 0.340 e. The van der Waals surface area contributed by atoms with E-state index in [9.17, 15) is 4.79 Å². The van der Waals surface area contributed by atoms with Crippen LogP contribution in [-0.4, -0.2) is 22.5 Å². The number of nitrogens with one attached hydrogen (secondary N) is 1. The molecule has 3 rings (SSSR count). The number of para-hydroxylation sites is 1. The van der Waals surface area contributed by atoms with E-state index >= 15 is 0 Å². The number of aromatic nitrogens is 2. The Hall–Kier alpha value is -2.95. The van der Waals surface area contributed by atoms with Crippen molar-refractivity contribution in [2.24, 2.45) is 0 Å². The van der Waals surface area contributed by atoms with E-state index in [2.05, 4.69) is 15.3 Å². The van der Waals surface area contributed by atoms with Gasteiger partial charge in [-0.05, 0) is 51.1 Å². The average Bonchev–Trinajstić information content (AvgIpc) is 2.55. The fraction of sp³-hybridized carbons (Fsp3) is 0.211. The molecular weight excluding hydrogens is 302 g/mol. The fourth-order valence-corrected chi connectivity index (χ4v) is 2.55. The molecule has 0 aliphatic heterocycles. The maximum Gasteiger partial charge on any atom is 0.340 e. The van der Waals surface area contributed by atoms with Crippen molar-refractivity contribution in [3.05, 3.63) is 59.4 Å². The van der Waals surface area contributed by atoms with Crippen molar-refractivity contribution >= 4 is 28.4 Å². The van der Waals surface area contributed by atoms with Crippen LogP contribution in [0.2, 0.25) is 0 Å². The van der Waals surface area contributed by atoms with Gasteiger partial charge in [-0.15, -0.1) is 0 Å². The summed E-state index contributed by atoms with van der Waals surface area (Å²) >= 11 is 0. The van der Waals surface area contributed by atoms with Crippen LogP contribution in [0.25, 0.3) is 11.0 Å². The number of hydrogen-bond donors (Lipinski definition) is 1. The molecule has 2 heterocycles. The zero-order valence-electron chi connectivity index (χ0n) is 14.0. The molecule has 0 spiro atoms. The quantitative estimate of drug-likeness (QED) is 0.731. The third-order valence-corrected chi connectivity index (χ3v) is 3.63. The van der Waals surface area contributed by atoms with Gasteiger partial charge in [0.15, 0.2) is 5.65 Å². The monoisotopic (exact) mass is 321 g/mol. The Morgan fingerprint density at radius 3 is 2.58 bits per heavy atom. The van der Waals surface area contributed by atoms with Crippen molar-refractivity contribution in [2.75, 3.05) is 11.9 Å². The van der Waals surface area contributed by atoms with Gasteiger partial charge in [0.1, 0.15) is 0 Å². The lowest BCUT2D eigenvalue weighted by Gasteiger charge is -2.13. The van der Waals surface area contributed by atoms with E-state index in [0.717, 1.165) is 22.5 Å². The highest BCUT2D eigenvalue weighted by molar-refractivity contribution is 5.99. The van der Waals surface area contributed by atoms with Crippen molar-refractivity contribution in [1.29, 1.82) is 0 Å². The highest BCUT2D eigenvalue weighted by Gasteiger charge is 2.13. The van der Waals surface area contributed by atoms with E-state index in [1.807, 2.05) is 50.2 Å². The van der Waals surface area contributed by atoms with E-state index in [-0.39, 0.29) is 5.97 Å². The number of esters is 1. The second-order valence-electron chi connectivity index (χ2n) is 5.53. The number of hydrogen-bond acceptors (Lipinski definition) is 5. The van der Waals surface area contributed by atoms with Crippen LogP contribution in [0.15, 0.2) is 42.5 Å². The molecule has 0 radical (unpaired) electrons. The topological polar surface area (TPSA) is 64.1 Å². The van der Waals surface area contributed by atoms with Gasteiger partial charge in [0.25, 0.3) is 0 Å². The van der Waals surface area contributed by atoms with Crippen molar-refractivity contribution < 1.29 is 9.53 Å². The molecule has 1 aromatic carbocycles. The minimum Gasteiger partial charge on any atom is -0.462 e. The molecule has 0 fully saturated rings. The van der Waals surface area contributed by atoms with E-state index in [0.29, 0.717) is 23.5 Å². The number of rotatable bonds is 4. The first-order valence-corrected chi connectivity index (χ1v) is 7.86. The van der Waals surface area contributed by atoms with Crippen LogP contribution in [0.1, 0.15) is 28.7 Å². The molecule has 0 aliphatic carbocycles. The largest absolute Gasteiger partial charge is 0.462 e. The van der Waals surface area contributed by atoms with Gasteiger partial charge in [-0.3, -0.25) is 0 Å². The number of carbonyl (C=O) groups is 1. The molecule has 5 heteroatoms. The highest BCUT2D eigenvalue weighted by atomic mass is 16.5. The Kier molecular flexibility index (Phi) is 4.42. The molecular formula is C19H19N3O2. The third kappa shape index (κ3) is 3.20. The molecule has 24 heavy (non-hydrogen) atoms. The zero-order valence-corrected chi connectivity index (χ0v) is 14.0. The average molecular weight is 321 g/mol. The maximum atomic E-state index is 12.1. The Morgan fingerprint density at radius 2 is 1.79 bits per heavy atom. The van der Waals surface area contributed by atoms with Gasteiger partial charge in [-0.25, -0.2) is 14.8 Å². The molecule has 0 bridgehead atoms. The first kappa shape index (κ1) is 15.9. The number of nitrogens with zero attached hydrogens (tertiary/aromatic N) is 2. The van der Waals surface area contributed by atoms with Gasteiger partial charge in [-0.1, -0.05) is 12.1 Å². The predicted octanol–water partition coefficient (Wildman–Crippen LogP) is 4.17. The number of pyridine rings is 2. The van der Waals surface area contributed by atoms with Gasteiger partial charge in [0.05, 0.1) is 23.5 Å². The lowest BCUT2D eigenvalue weighted by atomic mass is 10.1. The minimum absolute atomic E-state index is 0.341. The van der Waals surface area contributed by atoms with Crippen LogP contribution in [-0.2, 0) is 4.74 Å². The van der Waals surface area contributed by atoms with E-state index in [1.165, 1.54) is 0 Å². The molecule has 0 unspecified atom stereocenters. The molecule has 0 amide bonds. The second kappa shape index (κ2) is 6.66. The number of carbonyl (C=O) groups excluding carboxylic acids is 1. The van der Waals surface area contributed by atoms with E-state index in [4.69, 9.17) is 4.74 Å². The Morgan fingerprint density at radius 1 is 1.04 bits per heavy atom. The van der Waals surface area contributed by atoms with Gasteiger partial charge < -0.3 is 10.1 Å². The zero-order chi connectivity index (χ0) is 17.1. The first-order chi connectivity index (χ1) is 11.6. The van der Waals surface area contributed by atoms with Gasteiger partial charge in [0, 0.05) is 16.8 Å². The molecule has 0 saturated heterocycles. The van der Waals surface area contributed by atoms with E-state index < -0.39 is 0 Å². The molecule has 3 aromatic rings. The molecule has 0 atom stereocenters. The first-order valence-electron chi connectivity index (χ1n) is 7.86. The summed E-state index contributed by atoms with van der Waals surface area (Å²) in [4.78, 5) is 21.1. The number of anilines is 2. The summed E-state index contributed by atoms with van der Waals surface area (Å²) in [6.45, 7) is 5.99. The Bertz CT molecular complexity index is 901.